The van der Waals surface area contributed by atoms with Crippen LogP contribution in [0.25, 0.3) is 0 Å². The first kappa shape index (κ1) is 15.7. The molecule has 3 rings (SSSR count). The van der Waals surface area contributed by atoms with Gasteiger partial charge in [-0.3, -0.25) is 19.6 Å². The van der Waals surface area contributed by atoms with E-state index >= 15 is 0 Å². The summed E-state index contributed by atoms with van der Waals surface area (Å²) >= 11 is 0. The maximum Gasteiger partial charge on any atom is 0.267 e. The number of hydrazone groups is 1. The molecule has 0 aliphatic carbocycles. The van der Waals surface area contributed by atoms with Crippen molar-refractivity contribution < 1.29 is 9.59 Å². The molecule has 0 saturated heterocycles. The van der Waals surface area contributed by atoms with Crippen LogP contribution in [0.3, 0.4) is 0 Å². The number of nitrogens with zero attached hydrogens (tertiary/aromatic N) is 3. The summed E-state index contributed by atoms with van der Waals surface area (Å²) in [6, 6.07) is 14.0. The molecule has 1 atom stereocenters. The van der Waals surface area contributed by atoms with Crippen LogP contribution in [0.4, 0.5) is 5.69 Å². The van der Waals surface area contributed by atoms with Crippen LogP contribution in [0.15, 0.2) is 59.8 Å². The standard InChI is InChI=1S/C17H17N5O2/c18-16(23)15-10-14(21-22(15)13-7-2-1-3-8-13)17(24)20-11-12-6-4-5-9-19-12/h1-9,15H,10-11H2,(H2,18,23)(H,20,24)/t15-/m1/s1. The number of hydrogen-bond donors (Lipinski definition) is 2. The van der Waals surface area contributed by atoms with E-state index in [0.717, 1.165) is 5.69 Å². The summed E-state index contributed by atoms with van der Waals surface area (Å²) in [7, 11) is 0. The Bertz CT molecular complexity index is 761. The molecule has 1 aromatic heterocycles. The van der Waals surface area contributed by atoms with Gasteiger partial charge in [0.05, 0.1) is 17.9 Å². The lowest BCUT2D eigenvalue weighted by Crippen LogP contribution is -2.39. The number of rotatable bonds is 5. The van der Waals surface area contributed by atoms with Crippen molar-refractivity contribution in [2.24, 2.45) is 10.8 Å². The van der Waals surface area contributed by atoms with Gasteiger partial charge in [-0.15, -0.1) is 0 Å². The molecular weight excluding hydrogens is 306 g/mol. The molecule has 122 valence electrons. The van der Waals surface area contributed by atoms with Gasteiger partial charge in [-0.25, -0.2) is 0 Å². The van der Waals surface area contributed by atoms with Gasteiger partial charge >= 0.3 is 0 Å². The first-order chi connectivity index (χ1) is 11.6. The molecule has 1 aliphatic heterocycles. The quantitative estimate of drug-likeness (QED) is 0.850. The van der Waals surface area contributed by atoms with Crippen LogP contribution in [-0.4, -0.2) is 28.6 Å². The molecule has 2 heterocycles. The van der Waals surface area contributed by atoms with Crippen molar-refractivity contribution in [2.45, 2.75) is 19.0 Å². The first-order valence-corrected chi connectivity index (χ1v) is 7.54. The number of primary amides is 1. The molecule has 0 bridgehead atoms. The van der Waals surface area contributed by atoms with Crippen molar-refractivity contribution >= 4 is 23.2 Å². The smallest absolute Gasteiger partial charge is 0.267 e. The SMILES string of the molecule is NC(=O)[C@H]1CC(C(=O)NCc2ccccn2)=NN1c1ccccc1. The lowest BCUT2D eigenvalue weighted by atomic mass is 10.1. The van der Waals surface area contributed by atoms with Crippen LogP contribution in [-0.2, 0) is 16.1 Å². The normalized spacial score (nSPS) is 16.6. The molecule has 7 heteroatoms. The minimum absolute atomic E-state index is 0.179. The Morgan fingerprint density at radius 1 is 1.17 bits per heavy atom. The zero-order valence-corrected chi connectivity index (χ0v) is 12.9. The van der Waals surface area contributed by atoms with Crippen LogP contribution in [0, 0.1) is 0 Å². The third-order valence-corrected chi connectivity index (χ3v) is 3.68. The Balaban J connectivity index is 1.73. The molecule has 1 aliphatic rings. The Hall–Kier alpha value is -3.22. The Kier molecular flexibility index (Phi) is 4.51. The van der Waals surface area contributed by atoms with E-state index in [-0.39, 0.29) is 18.0 Å². The summed E-state index contributed by atoms with van der Waals surface area (Å²) in [6.45, 7) is 0.297. The van der Waals surface area contributed by atoms with E-state index < -0.39 is 11.9 Å². The Morgan fingerprint density at radius 2 is 1.92 bits per heavy atom. The van der Waals surface area contributed by atoms with Crippen LogP contribution < -0.4 is 16.1 Å². The van der Waals surface area contributed by atoms with Crippen molar-refractivity contribution in [3.8, 4) is 0 Å². The third-order valence-electron chi connectivity index (χ3n) is 3.68. The van der Waals surface area contributed by atoms with Gasteiger partial charge in [0.2, 0.25) is 5.91 Å². The Morgan fingerprint density at radius 3 is 2.58 bits per heavy atom. The van der Waals surface area contributed by atoms with E-state index in [2.05, 4.69) is 15.4 Å². The van der Waals surface area contributed by atoms with Gasteiger partial charge in [0.25, 0.3) is 5.91 Å². The highest BCUT2D eigenvalue weighted by Crippen LogP contribution is 2.24. The number of hydrogen-bond acceptors (Lipinski definition) is 5. The second-order valence-corrected chi connectivity index (χ2v) is 5.35. The molecule has 0 saturated carbocycles. The minimum Gasteiger partial charge on any atom is -0.368 e. The fraction of sp³-hybridized carbons (Fsp3) is 0.176. The van der Waals surface area contributed by atoms with Crippen molar-refractivity contribution in [3.63, 3.8) is 0 Å². The fourth-order valence-electron chi connectivity index (χ4n) is 2.46. The summed E-state index contributed by atoms with van der Waals surface area (Å²) in [6.07, 6.45) is 1.84. The average Bonchev–Trinajstić information content (AvgIpc) is 3.07. The maximum atomic E-state index is 12.3. The summed E-state index contributed by atoms with van der Waals surface area (Å²) < 4.78 is 0. The topological polar surface area (TPSA) is 101 Å². The van der Waals surface area contributed by atoms with E-state index in [1.807, 2.05) is 48.5 Å². The second kappa shape index (κ2) is 6.91. The van der Waals surface area contributed by atoms with Gasteiger partial charge in [-0.2, -0.15) is 5.10 Å². The summed E-state index contributed by atoms with van der Waals surface area (Å²) in [5, 5.41) is 8.55. The van der Waals surface area contributed by atoms with Crippen molar-refractivity contribution in [1.29, 1.82) is 0 Å². The largest absolute Gasteiger partial charge is 0.368 e. The monoisotopic (exact) mass is 323 g/mol. The van der Waals surface area contributed by atoms with Gasteiger partial charge in [0.1, 0.15) is 11.8 Å². The molecule has 7 nitrogen and oxygen atoms in total. The lowest BCUT2D eigenvalue weighted by molar-refractivity contribution is -0.119. The zero-order chi connectivity index (χ0) is 16.9. The van der Waals surface area contributed by atoms with Crippen molar-refractivity contribution in [3.05, 3.63) is 60.4 Å². The van der Waals surface area contributed by atoms with E-state index in [4.69, 9.17) is 5.73 Å². The van der Waals surface area contributed by atoms with Crippen LogP contribution in [0.5, 0.6) is 0 Å². The number of nitrogens with two attached hydrogens (primary N) is 1. The molecule has 0 spiro atoms. The van der Waals surface area contributed by atoms with Crippen molar-refractivity contribution in [2.75, 3.05) is 5.01 Å². The fourth-order valence-corrected chi connectivity index (χ4v) is 2.46. The molecule has 2 amide bonds. The van der Waals surface area contributed by atoms with Gasteiger partial charge in [0.15, 0.2) is 0 Å². The highest BCUT2D eigenvalue weighted by atomic mass is 16.2. The van der Waals surface area contributed by atoms with Gasteiger partial charge in [0, 0.05) is 12.6 Å². The van der Waals surface area contributed by atoms with Crippen molar-refractivity contribution in [1.82, 2.24) is 10.3 Å². The number of amides is 2. The maximum absolute atomic E-state index is 12.3. The predicted octanol–water partition coefficient (Wildman–Crippen LogP) is 0.818. The first-order valence-electron chi connectivity index (χ1n) is 7.54. The highest BCUT2D eigenvalue weighted by molar-refractivity contribution is 6.40. The summed E-state index contributed by atoms with van der Waals surface area (Å²) in [5.74, 6) is -0.847. The molecule has 0 radical (unpaired) electrons. The number of aromatic nitrogens is 1. The van der Waals surface area contributed by atoms with E-state index in [0.29, 0.717) is 12.2 Å². The molecule has 0 unspecified atom stereocenters. The average molecular weight is 323 g/mol. The number of pyridine rings is 1. The number of carbonyl (C=O) groups is 2. The molecule has 2 aromatic rings. The lowest BCUT2D eigenvalue weighted by Gasteiger charge is -2.20. The number of nitrogens with one attached hydrogen (secondary N) is 1. The number of para-hydroxylation sites is 1. The third kappa shape index (κ3) is 3.40. The van der Waals surface area contributed by atoms with E-state index in [9.17, 15) is 9.59 Å². The number of anilines is 1. The van der Waals surface area contributed by atoms with Crippen LogP contribution in [0.1, 0.15) is 12.1 Å². The molecule has 0 fully saturated rings. The molecule has 1 aromatic carbocycles. The number of benzene rings is 1. The molecular formula is C17H17N5O2. The van der Waals surface area contributed by atoms with E-state index in [1.54, 1.807) is 6.20 Å². The minimum atomic E-state index is -0.664. The van der Waals surface area contributed by atoms with Gasteiger partial charge < -0.3 is 11.1 Å². The Labute approximate surface area is 139 Å². The zero-order valence-electron chi connectivity index (χ0n) is 12.9. The highest BCUT2D eigenvalue weighted by Gasteiger charge is 2.34. The van der Waals surface area contributed by atoms with E-state index in [1.165, 1.54) is 5.01 Å². The molecule has 24 heavy (non-hydrogen) atoms. The second-order valence-electron chi connectivity index (χ2n) is 5.35. The van der Waals surface area contributed by atoms with Crippen LogP contribution >= 0.6 is 0 Å². The van der Waals surface area contributed by atoms with Gasteiger partial charge in [-0.05, 0) is 24.3 Å². The van der Waals surface area contributed by atoms with Crippen LogP contribution in [0.2, 0.25) is 0 Å². The summed E-state index contributed by atoms with van der Waals surface area (Å²) in [5.41, 5.74) is 7.20. The van der Waals surface area contributed by atoms with Gasteiger partial charge in [-0.1, -0.05) is 24.3 Å². The molecule has 3 N–H and O–H groups in total. The predicted molar refractivity (Wildman–Crippen MR) is 90.0 cm³/mol. The summed E-state index contributed by atoms with van der Waals surface area (Å²) in [4.78, 5) is 28.2. The number of carbonyl (C=O) groups excluding carboxylic acids is 2.